The lowest BCUT2D eigenvalue weighted by molar-refractivity contribution is 0.0992. The first-order valence-electron chi connectivity index (χ1n) is 5.03. The van der Waals surface area contributed by atoms with Gasteiger partial charge in [0.2, 0.25) is 0 Å². The molecular weight excluding hydrogens is 234 g/mol. The molecule has 0 fully saturated rings. The molecule has 0 bridgehead atoms. The number of nitrogen functional groups attached to an aromatic ring is 1. The van der Waals surface area contributed by atoms with Crippen LogP contribution in [0.2, 0.25) is 0 Å². The summed E-state index contributed by atoms with van der Waals surface area (Å²) in [7, 11) is 0. The number of rotatable bonds is 3. The van der Waals surface area contributed by atoms with Crippen LogP contribution in [-0.2, 0) is 0 Å². The lowest BCUT2D eigenvalue weighted by Gasteiger charge is -2.05. The third-order valence-corrected chi connectivity index (χ3v) is 2.43. The predicted molar refractivity (Wildman–Crippen MR) is 65.0 cm³/mol. The normalized spacial score (nSPS) is 10.2. The first-order valence-corrected chi connectivity index (χ1v) is 5.03. The lowest BCUT2D eigenvalue weighted by atomic mass is 10.1. The highest BCUT2D eigenvalue weighted by Crippen LogP contribution is 2.16. The Hall–Kier alpha value is -2.83. The fraction of sp³-hybridized carbons (Fsp3) is 0. The standard InChI is InChI=1S/C11H11N5O2/c12-9-2-1-7(3-8(9)11(14)18)16-5-6(4-15-16)10(13)17/h1-5H,12H2,(H2,13,17)(H2,14,18). The van der Waals surface area contributed by atoms with Crippen LogP contribution in [0.4, 0.5) is 5.69 Å². The summed E-state index contributed by atoms with van der Waals surface area (Å²) >= 11 is 0. The van der Waals surface area contributed by atoms with Gasteiger partial charge in [0.05, 0.1) is 23.0 Å². The lowest BCUT2D eigenvalue weighted by Crippen LogP contribution is -2.14. The molecule has 0 saturated carbocycles. The molecular formula is C11H11N5O2. The van der Waals surface area contributed by atoms with Crippen LogP contribution in [0.5, 0.6) is 0 Å². The molecule has 7 nitrogen and oxygen atoms in total. The van der Waals surface area contributed by atoms with Crippen LogP contribution in [0.1, 0.15) is 20.7 Å². The fourth-order valence-corrected chi connectivity index (χ4v) is 1.49. The van der Waals surface area contributed by atoms with E-state index in [1.54, 1.807) is 12.1 Å². The highest BCUT2D eigenvalue weighted by Gasteiger charge is 2.10. The SMILES string of the molecule is NC(=O)c1cnn(-c2ccc(N)c(C(N)=O)c2)c1. The van der Waals surface area contributed by atoms with Crippen molar-refractivity contribution >= 4 is 17.5 Å². The minimum Gasteiger partial charge on any atom is -0.398 e. The summed E-state index contributed by atoms with van der Waals surface area (Å²) in [4.78, 5) is 22.1. The molecule has 92 valence electrons. The van der Waals surface area contributed by atoms with E-state index in [0.29, 0.717) is 5.69 Å². The summed E-state index contributed by atoms with van der Waals surface area (Å²) in [5.74, 6) is -1.21. The largest absolute Gasteiger partial charge is 0.398 e. The van der Waals surface area contributed by atoms with Crippen LogP contribution < -0.4 is 17.2 Å². The van der Waals surface area contributed by atoms with E-state index in [-0.39, 0.29) is 16.8 Å². The van der Waals surface area contributed by atoms with Gasteiger partial charge in [0.25, 0.3) is 11.8 Å². The molecule has 2 rings (SSSR count). The molecule has 2 aromatic rings. The highest BCUT2D eigenvalue weighted by molar-refractivity contribution is 5.98. The second-order valence-electron chi connectivity index (χ2n) is 3.67. The zero-order valence-electron chi connectivity index (χ0n) is 9.33. The Labute approximate surface area is 102 Å². The number of aromatic nitrogens is 2. The zero-order chi connectivity index (χ0) is 13.3. The molecule has 0 unspecified atom stereocenters. The van der Waals surface area contributed by atoms with E-state index in [4.69, 9.17) is 17.2 Å². The van der Waals surface area contributed by atoms with E-state index in [1.807, 2.05) is 0 Å². The van der Waals surface area contributed by atoms with E-state index in [2.05, 4.69) is 5.10 Å². The molecule has 0 radical (unpaired) electrons. The van der Waals surface area contributed by atoms with Crippen LogP contribution in [-0.4, -0.2) is 21.6 Å². The molecule has 1 aromatic heterocycles. The molecule has 0 atom stereocenters. The average Bonchev–Trinajstić information content (AvgIpc) is 2.78. The molecule has 18 heavy (non-hydrogen) atoms. The number of carbonyl (C=O) groups excluding carboxylic acids is 2. The number of hydrogen-bond acceptors (Lipinski definition) is 4. The van der Waals surface area contributed by atoms with Crippen molar-refractivity contribution in [2.75, 3.05) is 5.73 Å². The van der Waals surface area contributed by atoms with Crippen molar-refractivity contribution in [2.45, 2.75) is 0 Å². The molecule has 2 amide bonds. The van der Waals surface area contributed by atoms with Gasteiger partial charge in [0, 0.05) is 11.9 Å². The van der Waals surface area contributed by atoms with Gasteiger partial charge in [-0.3, -0.25) is 9.59 Å². The van der Waals surface area contributed by atoms with Crippen LogP contribution in [0.15, 0.2) is 30.6 Å². The van der Waals surface area contributed by atoms with Crippen molar-refractivity contribution < 1.29 is 9.59 Å². The summed E-state index contributed by atoms with van der Waals surface area (Å²) in [6.07, 6.45) is 2.79. The van der Waals surface area contributed by atoms with Crippen molar-refractivity contribution in [1.29, 1.82) is 0 Å². The Kier molecular flexibility index (Phi) is 2.72. The van der Waals surface area contributed by atoms with E-state index in [1.165, 1.54) is 23.1 Å². The first-order chi connectivity index (χ1) is 8.49. The fourth-order valence-electron chi connectivity index (χ4n) is 1.49. The topological polar surface area (TPSA) is 130 Å². The molecule has 6 N–H and O–H groups in total. The monoisotopic (exact) mass is 245 g/mol. The van der Waals surface area contributed by atoms with Gasteiger partial charge in [-0.2, -0.15) is 5.10 Å². The Morgan fingerprint density at radius 3 is 2.44 bits per heavy atom. The van der Waals surface area contributed by atoms with Gasteiger partial charge >= 0.3 is 0 Å². The van der Waals surface area contributed by atoms with Gasteiger partial charge in [-0.25, -0.2) is 4.68 Å². The summed E-state index contributed by atoms with van der Waals surface area (Å²) in [6, 6.07) is 4.69. The molecule has 7 heteroatoms. The molecule has 1 heterocycles. The second-order valence-corrected chi connectivity index (χ2v) is 3.67. The Bertz CT molecular complexity index is 632. The third-order valence-electron chi connectivity index (χ3n) is 2.43. The number of benzene rings is 1. The van der Waals surface area contributed by atoms with Gasteiger partial charge < -0.3 is 17.2 Å². The molecule has 0 spiro atoms. The predicted octanol–water partition coefficient (Wildman–Crippen LogP) is -0.348. The number of primary amides is 2. The van der Waals surface area contributed by atoms with Gasteiger partial charge in [-0.15, -0.1) is 0 Å². The van der Waals surface area contributed by atoms with Crippen LogP contribution in [0.3, 0.4) is 0 Å². The molecule has 0 aliphatic rings. The maximum atomic E-state index is 11.2. The van der Waals surface area contributed by atoms with Crippen LogP contribution >= 0.6 is 0 Å². The minimum atomic E-state index is -0.628. The number of amides is 2. The van der Waals surface area contributed by atoms with Crippen molar-refractivity contribution in [1.82, 2.24) is 9.78 Å². The van der Waals surface area contributed by atoms with Crippen molar-refractivity contribution in [3.05, 3.63) is 41.7 Å². The maximum absolute atomic E-state index is 11.2. The van der Waals surface area contributed by atoms with E-state index >= 15 is 0 Å². The van der Waals surface area contributed by atoms with Crippen LogP contribution in [0, 0.1) is 0 Å². The molecule has 0 aliphatic carbocycles. The van der Waals surface area contributed by atoms with Crippen molar-refractivity contribution in [2.24, 2.45) is 11.5 Å². The Balaban J connectivity index is 2.47. The maximum Gasteiger partial charge on any atom is 0.251 e. The van der Waals surface area contributed by atoms with E-state index in [9.17, 15) is 9.59 Å². The Morgan fingerprint density at radius 2 is 1.89 bits per heavy atom. The first kappa shape index (κ1) is 11.6. The summed E-state index contributed by atoms with van der Waals surface area (Å²) in [6.45, 7) is 0. The van der Waals surface area contributed by atoms with E-state index in [0.717, 1.165) is 0 Å². The summed E-state index contributed by atoms with van der Waals surface area (Å²) in [5, 5.41) is 3.96. The summed E-state index contributed by atoms with van der Waals surface area (Å²) < 4.78 is 1.41. The van der Waals surface area contributed by atoms with Gasteiger partial charge in [0.15, 0.2) is 0 Å². The Morgan fingerprint density at radius 1 is 1.17 bits per heavy atom. The van der Waals surface area contributed by atoms with Gasteiger partial charge in [0.1, 0.15) is 0 Å². The van der Waals surface area contributed by atoms with E-state index < -0.39 is 11.8 Å². The highest BCUT2D eigenvalue weighted by atomic mass is 16.1. The number of hydrogen-bond donors (Lipinski definition) is 3. The van der Waals surface area contributed by atoms with Gasteiger partial charge in [-0.1, -0.05) is 0 Å². The number of nitrogens with two attached hydrogens (primary N) is 3. The summed E-state index contributed by atoms with van der Waals surface area (Å²) in [5.41, 5.74) is 17.2. The number of carbonyl (C=O) groups is 2. The minimum absolute atomic E-state index is 0.198. The third kappa shape index (κ3) is 2.01. The molecule has 0 aliphatic heterocycles. The zero-order valence-corrected chi connectivity index (χ0v) is 9.33. The van der Waals surface area contributed by atoms with Crippen molar-refractivity contribution in [3.63, 3.8) is 0 Å². The van der Waals surface area contributed by atoms with Crippen molar-refractivity contribution in [3.8, 4) is 5.69 Å². The van der Waals surface area contributed by atoms with Crippen LogP contribution in [0.25, 0.3) is 5.69 Å². The van der Waals surface area contributed by atoms with Gasteiger partial charge in [-0.05, 0) is 18.2 Å². The molecule has 1 aromatic carbocycles. The average molecular weight is 245 g/mol. The second kappa shape index (κ2) is 4.21. The molecule has 0 saturated heterocycles. The number of anilines is 1. The quantitative estimate of drug-likeness (QED) is 0.638. The number of nitrogens with zero attached hydrogens (tertiary/aromatic N) is 2. The smallest absolute Gasteiger partial charge is 0.251 e.